The molecule has 0 aromatic heterocycles. The van der Waals surface area contributed by atoms with Gasteiger partial charge in [-0.15, -0.1) is 0 Å². The number of halogens is 1. The first kappa shape index (κ1) is 14.2. The molecular weight excluding hydrogens is 255 g/mol. The Labute approximate surface area is 117 Å². The Morgan fingerprint density at radius 3 is 2.30 bits per heavy atom. The molecule has 2 aromatic carbocycles. The zero-order valence-electron chi connectivity index (χ0n) is 11.1. The van der Waals surface area contributed by atoms with E-state index < -0.39 is 0 Å². The quantitative estimate of drug-likeness (QED) is 0.908. The van der Waals surface area contributed by atoms with Crippen molar-refractivity contribution in [2.75, 3.05) is 18.0 Å². The van der Waals surface area contributed by atoms with Crippen LogP contribution in [0.5, 0.6) is 0 Å². The van der Waals surface area contributed by atoms with Crippen LogP contribution < -0.4 is 10.6 Å². The van der Waals surface area contributed by atoms with Gasteiger partial charge in [-0.05, 0) is 29.8 Å². The Kier molecular flexibility index (Phi) is 4.85. The Morgan fingerprint density at radius 2 is 1.70 bits per heavy atom. The molecule has 0 heterocycles. The molecular formula is C16H17FN2O. The van der Waals surface area contributed by atoms with Gasteiger partial charge in [-0.1, -0.05) is 30.3 Å². The molecule has 0 radical (unpaired) electrons. The first-order chi connectivity index (χ1) is 9.70. The summed E-state index contributed by atoms with van der Waals surface area (Å²) in [6.45, 7) is 0.855. The molecule has 20 heavy (non-hydrogen) atoms. The van der Waals surface area contributed by atoms with E-state index in [1.807, 2.05) is 30.3 Å². The number of nitrogens with zero attached hydrogens (tertiary/aromatic N) is 1. The van der Waals surface area contributed by atoms with Crippen molar-refractivity contribution < 1.29 is 9.18 Å². The molecule has 1 amide bonds. The van der Waals surface area contributed by atoms with E-state index in [0.717, 1.165) is 11.3 Å². The molecule has 0 atom stereocenters. The minimum Gasteiger partial charge on any atom is -0.329 e. The van der Waals surface area contributed by atoms with Gasteiger partial charge in [0.25, 0.3) is 0 Å². The molecule has 0 aliphatic rings. The second-order valence-corrected chi connectivity index (χ2v) is 4.47. The lowest BCUT2D eigenvalue weighted by atomic mass is 10.1. The Hall–Kier alpha value is -2.20. The minimum absolute atomic E-state index is 0.0479. The number of rotatable bonds is 5. The summed E-state index contributed by atoms with van der Waals surface area (Å²) in [4.78, 5) is 14.0. The van der Waals surface area contributed by atoms with Crippen LogP contribution in [0.4, 0.5) is 10.1 Å². The SMILES string of the molecule is NCCN(C(=O)Cc1ccc(F)cc1)c1ccccc1. The molecule has 2 aromatic rings. The second kappa shape index (κ2) is 6.82. The molecule has 0 saturated carbocycles. The normalized spacial score (nSPS) is 10.3. The highest BCUT2D eigenvalue weighted by Gasteiger charge is 2.15. The van der Waals surface area contributed by atoms with Gasteiger partial charge in [0.2, 0.25) is 5.91 Å². The van der Waals surface area contributed by atoms with E-state index in [4.69, 9.17) is 5.73 Å². The first-order valence-corrected chi connectivity index (χ1v) is 6.50. The van der Waals surface area contributed by atoms with Crippen LogP contribution in [0.1, 0.15) is 5.56 Å². The highest BCUT2D eigenvalue weighted by molar-refractivity contribution is 5.94. The summed E-state index contributed by atoms with van der Waals surface area (Å²) in [5.41, 5.74) is 7.18. The molecule has 2 rings (SSSR count). The Balaban J connectivity index is 2.13. The number of carbonyl (C=O) groups excluding carboxylic acids is 1. The monoisotopic (exact) mass is 272 g/mol. The van der Waals surface area contributed by atoms with E-state index in [0.29, 0.717) is 13.1 Å². The molecule has 0 bridgehead atoms. The van der Waals surface area contributed by atoms with Crippen LogP contribution in [0.3, 0.4) is 0 Å². The lowest BCUT2D eigenvalue weighted by Crippen LogP contribution is -2.36. The number of amides is 1. The van der Waals surface area contributed by atoms with Crippen molar-refractivity contribution in [3.8, 4) is 0 Å². The molecule has 0 aliphatic carbocycles. The molecule has 3 nitrogen and oxygen atoms in total. The van der Waals surface area contributed by atoms with Gasteiger partial charge in [0.05, 0.1) is 6.42 Å². The van der Waals surface area contributed by atoms with Gasteiger partial charge >= 0.3 is 0 Å². The number of nitrogens with two attached hydrogens (primary N) is 1. The summed E-state index contributed by atoms with van der Waals surface area (Å²) < 4.78 is 12.9. The van der Waals surface area contributed by atoms with Crippen LogP contribution in [-0.4, -0.2) is 19.0 Å². The number of para-hydroxylation sites is 1. The lowest BCUT2D eigenvalue weighted by Gasteiger charge is -2.22. The number of benzene rings is 2. The topological polar surface area (TPSA) is 46.3 Å². The maximum absolute atomic E-state index is 12.9. The molecule has 0 spiro atoms. The largest absolute Gasteiger partial charge is 0.329 e. The highest BCUT2D eigenvalue weighted by atomic mass is 19.1. The van der Waals surface area contributed by atoms with Crippen LogP contribution in [0.2, 0.25) is 0 Å². The van der Waals surface area contributed by atoms with Gasteiger partial charge in [0, 0.05) is 18.8 Å². The third kappa shape index (κ3) is 3.65. The van der Waals surface area contributed by atoms with Gasteiger partial charge < -0.3 is 10.6 Å². The average molecular weight is 272 g/mol. The van der Waals surface area contributed by atoms with Gasteiger partial charge in [0.1, 0.15) is 5.82 Å². The van der Waals surface area contributed by atoms with Crippen molar-refractivity contribution in [1.82, 2.24) is 0 Å². The predicted molar refractivity (Wildman–Crippen MR) is 78.0 cm³/mol. The predicted octanol–water partition coefficient (Wildman–Crippen LogP) is 2.36. The van der Waals surface area contributed by atoms with Crippen molar-refractivity contribution in [2.45, 2.75) is 6.42 Å². The minimum atomic E-state index is -0.303. The molecule has 2 N–H and O–H groups in total. The van der Waals surface area contributed by atoms with Gasteiger partial charge in [0.15, 0.2) is 0 Å². The number of hydrogen-bond donors (Lipinski definition) is 1. The zero-order chi connectivity index (χ0) is 14.4. The van der Waals surface area contributed by atoms with E-state index in [-0.39, 0.29) is 18.1 Å². The van der Waals surface area contributed by atoms with Gasteiger partial charge in [-0.2, -0.15) is 0 Å². The Bertz CT molecular complexity index is 554. The summed E-state index contributed by atoms with van der Waals surface area (Å²) in [6.07, 6.45) is 0.231. The van der Waals surface area contributed by atoms with Crippen molar-refractivity contribution >= 4 is 11.6 Å². The summed E-state index contributed by atoms with van der Waals surface area (Å²) in [6, 6.07) is 15.4. The van der Waals surface area contributed by atoms with E-state index in [2.05, 4.69) is 0 Å². The van der Waals surface area contributed by atoms with Gasteiger partial charge in [-0.25, -0.2) is 4.39 Å². The lowest BCUT2D eigenvalue weighted by molar-refractivity contribution is -0.118. The molecule has 0 unspecified atom stereocenters. The van der Waals surface area contributed by atoms with Crippen LogP contribution in [0.25, 0.3) is 0 Å². The third-order valence-corrected chi connectivity index (χ3v) is 2.99. The first-order valence-electron chi connectivity index (χ1n) is 6.50. The number of hydrogen-bond acceptors (Lipinski definition) is 2. The van der Waals surface area contributed by atoms with E-state index in [9.17, 15) is 9.18 Å². The maximum Gasteiger partial charge on any atom is 0.231 e. The Morgan fingerprint density at radius 1 is 1.05 bits per heavy atom. The van der Waals surface area contributed by atoms with E-state index >= 15 is 0 Å². The van der Waals surface area contributed by atoms with Crippen LogP contribution in [0.15, 0.2) is 54.6 Å². The summed E-state index contributed by atoms with van der Waals surface area (Å²) in [5, 5.41) is 0. The van der Waals surface area contributed by atoms with Crippen LogP contribution >= 0.6 is 0 Å². The molecule has 0 aliphatic heterocycles. The molecule has 0 fully saturated rings. The van der Waals surface area contributed by atoms with Crippen molar-refractivity contribution in [2.24, 2.45) is 5.73 Å². The molecule has 0 saturated heterocycles. The van der Waals surface area contributed by atoms with E-state index in [1.54, 1.807) is 17.0 Å². The fraction of sp³-hybridized carbons (Fsp3) is 0.188. The summed E-state index contributed by atoms with van der Waals surface area (Å²) in [7, 11) is 0. The van der Waals surface area contributed by atoms with E-state index in [1.165, 1.54) is 12.1 Å². The zero-order valence-corrected chi connectivity index (χ0v) is 11.1. The average Bonchev–Trinajstić information content (AvgIpc) is 2.48. The van der Waals surface area contributed by atoms with Gasteiger partial charge in [-0.3, -0.25) is 4.79 Å². The summed E-state index contributed by atoms with van der Waals surface area (Å²) in [5.74, 6) is -0.351. The third-order valence-electron chi connectivity index (χ3n) is 2.99. The smallest absolute Gasteiger partial charge is 0.231 e. The fourth-order valence-corrected chi connectivity index (χ4v) is 2.01. The standard InChI is InChI=1S/C16H17FN2O/c17-14-8-6-13(7-9-14)12-16(20)19(11-10-18)15-4-2-1-3-5-15/h1-9H,10-12,18H2. The van der Waals surface area contributed by atoms with Crippen LogP contribution in [0, 0.1) is 5.82 Å². The number of anilines is 1. The van der Waals surface area contributed by atoms with Crippen molar-refractivity contribution in [3.05, 3.63) is 66.0 Å². The fourth-order valence-electron chi connectivity index (χ4n) is 2.01. The summed E-state index contributed by atoms with van der Waals surface area (Å²) >= 11 is 0. The molecule has 4 heteroatoms. The highest BCUT2D eigenvalue weighted by Crippen LogP contribution is 2.15. The number of carbonyl (C=O) groups is 1. The van der Waals surface area contributed by atoms with Crippen molar-refractivity contribution in [1.29, 1.82) is 0 Å². The van der Waals surface area contributed by atoms with Crippen LogP contribution in [-0.2, 0) is 11.2 Å². The van der Waals surface area contributed by atoms with Crippen molar-refractivity contribution in [3.63, 3.8) is 0 Å². The maximum atomic E-state index is 12.9. The second-order valence-electron chi connectivity index (χ2n) is 4.47. The molecule has 104 valence electrons.